The summed E-state index contributed by atoms with van der Waals surface area (Å²) in [5.41, 5.74) is 9.53. The maximum absolute atomic E-state index is 12.0. The van der Waals surface area contributed by atoms with Gasteiger partial charge in [-0.2, -0.15) is 0 Å². The number of ether oxygens (including phenoxy) is 1. The van der Waals surface area contributed by atoms with Gasteiger partial charge in [0, 0.05) is 29.5 Å². The number of primary amides is 1. The Balaban J connectivity index is 1.56. The maximum atomic E-state index is 12.0. The molecule has 0 radical (unpaired) electrons. The Morgan fingerprint density at radius 2 is 2.15 bits per heavy atom. The standard InChI is InChI=1S/C28H34N2O3/c1-3-25(31)27(2)14-12-21(27)16-30-17-28(13-6-8-19-7-4-5-9-22(19)28)18-33-24-11-10-20(26(29)32)15-23(24)30/h3-5,7,9-11,15,21,25,31H,1,6,8,12-14,16-18H2,2H3,(H2,29,32)/t21-,25+,27+,28?/m0/s1. The molecule has 1 amide bonds. The lowest BCUT2D eigenvalue weighted by Crippen LogP contribution is -2.53. The Morgan fingerprint density at radius 3 is 2.88 bits per heavy atom. The number of fused-ring (bicyclic) bond motifs is 3. The molecule has 1 heterocycles. The summed E-state index contributed by atoms with van der Waals surface area (Å²) in [6.07, 6.45) is 6.48. The van der Waals surface area contributed by atoms with E-state index in [-0.39, 0.29) is 10.8 Å². The number of carbonyl (C=O) groups is 1. The van der Waals surface area contributed by atoms with E-state index < -0.39 is 12.0 Å². The molecule has 5 heteroatoms. The minimum Gasteiger partial charge on any atom is -0.490 e. The molecule has 174 valence electrons. The molecule has 1 fully saturated rings. The van der Waals surface area contributed by atoms with Gasteiger partial charge in [-0.3, -0.25) is 4.79 Å². The summed E-state index contributed by atoms with van der Waals surface area (Å²) >= 11 is 0. The largest absolute Gasteiger partial charge is 0.490 e. The number of anilines is 1. The van der Waals surface area contributed by atoms with Crippen molar-refractivity contribution >= 4 is 11.6 Å². The molecule has 1 saturated carbocycles. The van der Waals surface area contributed by atoms with E-state index >= 15 is 0 Å². The molecular weight excluding hydrogens is 412 g/mol. The van der Waals surface area contributed by atoms with Gasteiger partial charge >= 0.3 is 0 Å². The highest BCUT2D eigenvalue weighted by molar-refractivity contribution is 5.94. The Labute approximate surface area is 196 Å². The van der Waals surface area contributed by atoms with E-state index in [9.17, 15) is 9.90 Å². The van der Waals surface area contributed by atoms with E-state index in [4.69, 9.17) is 10.5 Å². The van der Waals surface area contributed by atoms with Crippen LogP contribution in [0.1, 0.15) is 54.1 Å². The normalized spacial score (nSPS) is 29.2. The number of amides is 1. The molecule has 5 rings (SSSR count). The summed E-state index contributed by atoms with van der Waals surface area (Å²) in [4.78, 5) is 14.4. The Hall–Kier alpha value is -2.79. The van der Waals surface area contributed by atoms with E-state index in [2.05, 4.69) is 42.7 Å². The third kappa shape index (κ3) is 3.63. The predicted octanol–water partition coefficient (Wildman–Crippen LogP) is 4.22. The first-order valence-electron chi connectivity index (χ1n) is 12.1. The summed E-state index contributed by atoms with van der Waals surface area (Å²) in [5, 5.41) is 10.7. The second-order valence-corrected chi connectivity index (χ2v) is 10.4. The lowest BCUT2D eigenvalue weighted by molar-refractivity contribution is -0.0466. The van der Waals surface area contributed by atoms with Crippen LogP contribution in [0.25, 0.3) is 0 Å². The number of nitrogens with two attached hydrogens (primary N) is 1. The van der Waals surface area contributed by atoms with Crippen LogP contribution in [0.3, 0.4) is 0 Å². The van der Waals surface area contributed by atoms with Gasteiger partial charge in [-0.05, 0) is 67.3 Å². The topological polar surface area (TPSA) is 75.8 Å². The summed E-state index contributed by atoms with van der Waals surface area (Å²) in [7, 11) is 0. The van der Waals surface area contributed by atoms with Crippen LogP contribution in [0.5, 0.6) is 5.75 Å². The molecule has 4 atom stereocenters. The van der Waals surface area contributed by atoms with Crippen molar-refractivity contribution in [2.75, 3.05) is 24.6 Å². The quantitative estimate of drug-likeness (QED) is 0.675. The zero-order valence-electron chi connectivity index (χ0n) is 19.4. The lowest BCUT2D eigenvalue weighted by atomic mass is 9.58. The number of nitrogens with zero attached hydrogens (tertiary/aromatic N) is 1. The van der Waals surface area contributed by atoms with Gasteiger partial charge in [0.1, 0.15) is 5.75 Å². The fourth-order valence-electron chi connectivity index (χ4n) is 6.26. The molecule has 0 bridgehead atoms. The summed E-state index contributed by atoms with van der Waals surface area (Å²) in [5.74, 6) is 0.685. The van der Waals surface area contributed by atoms with Gasteiger partial charge in [0.15, 0.2) is 0 Å². The van der Waals surface area contributed by atoms with Gasteiger partial charge in [-0.15, -0.1) is 6.58 Å². The number of aryl methyl sites for hydroxylation is 1. The molecule has 1 spiro atoms. The summed E-state index contributed by atoms with van der Waals surface area (Å²) in [6, 6.07) is 14.3. The van der Waals surface area contributed by atoms with Crippen molar-refractivity contribution in [2.24, 2.45) is 17.1 Å². The van der Waals surface area contributed by atoms with Crippen LogP contribution in [0, 0.1) is 11.3 Å². The van der Waals surface area contributed by atoms with Gasteiger partial charge in [0.2, 0.25) is 5.91 Å². The van der Waals surface area contributed by atoms with Crippen LogP contribution < -0.4 is 15.4 Å². The fourth-order valence-corrected chi connectivity index (χ4v) is 6.26. The summed E-state index contributed by atoms with van der Waals surface area (Å²) in [6.45, 7) is 8.21. The number of aliphatic hydroxyl groups is 1. The van der Waals surface area contributed by atoms with Crippen LogP contribution in [0.2, 0.25) is 0 Å². The molecule has 2 aromatic rings. The molecule has 33 heavy (non-hydrogen) atoms. The van der Waals surface area contributed by atoms with E-state index in [1.165, 1.54) is 11.1 Å². The van der Waals surface area contributed by atoms with E-state index in [1.807, 2.05) is 12.1 Å². The SMILES string of the molecule is C=C[C@@H](O)[C@]1(C)CC[C@H]1CN1CC2(CCCc3ccccc32)COc2ccc(C(N)=O)cc21. The highest BCUT2D eigenvalue weighted by Gasteiger charge is 2.49. The third-order valence-corrected chi connectivity index (χ3v) is 8.58. The van der Waals surface area contributed by atoms with Crippen molar-refractivity contribution in [1.29, 1.82) is 0 Å². The first-order chi connectivity index (χ1) is 15.9. The molecule has 1 aliphatic heterocycles. The van der Waals surface area contributed by atoms with Crippen LogP contribution in [-0.4, -0.2) is 36.8 Å². The molecule has 2 aromatic carbocycles. The third-order valence-electron chi connectivity index (χ3n) is 8.58. The van der Waals surface area contributed by atoms with Crippen molar-refractivity contribution in [2.45, 2.75) is 50.5 Å². The number of rotatable bonds is 5. The molecule has 3 N–H and O–H groups in total. The highest BCUT2D eigenvalue weighted by atomic mass is 16.5. The second kappa shape index (κ2) is 8.21. The van der Waals surface area contributed by atoms with E-state index in [0.29, 0.717) is 18.1 Å². The molecule has 5 nitrogen and oxygen atoms in total. The van der Waals surface area contributed by atoms with Crippen molar-refractivity contribution in [1.82, 2.24) is 0 Å². The second-order valence-electron chi connectivity index (χ2n) is 10.4. The van der Waals surface area contributed by atoms with Gasteiger partial charge in [0.25, 0.3) is 0 Å². The molecular formula is C28H34N2O3. The molecule has 0 aromatic heterocycles. The first kappa shape index (κ1) is 22.0. The number of carbonyl (C=O) groups excluding carboxylic acids is 1. The number of benzene rings is 2. The summed E-state index contributed by atoms with van der Waals surface area (Å²) < 4.78 is 6.46. The predicted molar refractivity (Wildman–Crippen MR) is 131 cm³/mol. The van der Waals surface area contributed by atoms with Crippen molar-refractivity contribution in [3.8, 4) is 5.75 Å². The number of hydrogen-bond acceptors (Lipinski definition) is 4. The van der Waals surface area contributed by atoms with Crippen molar-refractivity contribution < 1.29 is 14.6 Å². The number of aliphatic hydroxyl groups excluding tert-OH is 1. The van der Waals surface area contributed by atoms with Crippen molar-refractivity contribution in [3.05, 3.63) is 71.8 Å². The van der Waals surface area contributed by atoms with Crippen LogP contribution in [0.15, 0.2) is 55.1 Å². The first-order valence-corrected chi connectivity index (χ1v) is 12.1. The van der Waals surface area contributed by atoms with Crippen LogP contribution in [-0.2, 0) is 11.8 Å². The average molecular weight is 447 g/mol. The van der Waals surface area contributed by atoms with E-state index in [0.717, 1.165) is 56.6 Å². The van der Waals surface area contributed by atoms with Crippen LogP contribution in [0.4, 0.5) is 5.69 Å². The smallest absolute Gasteiger partial charge is 0.248 e. The molecule has 0 saturated heterocycles. The van der Waals surface area contributed by atoms with Crippen molar-refractivity contribution in [3.63, 3.8) is 0 Å². The van der Waals surface area contributed by atoms with Gasteiger partial charge in [-0.1, -0.05) is 37.3 Å². The highest BCUT2D eigenvalue weighted by Crippen LogP contribution is 2.51. The fraction of sp³-hybridized carbons (Fsp3) is 0.464. The molecule has 1 unspecified atom stereocenters. The average Bonchev–Trinajstić information content (AvgIpc) is 2.98. The number of hydrogen-bond donors (Lipinski definition) is 2. The maximum Gasteiger partial charge on any atom is 0.248 e. The Kier molecular flexibility index (Phi) is 5.48. The van der Waals surface area contributed by atoms with Gasteiger partial charge in [-0.25, -0.2) is 0 Å². The zero-order valence-corrected chi connectivity index (χ0v) is 19.4. The molecule has 2 aliphatic carbocycles. The zero-order chi connectivity index (χ0) is 23.2. The van der Waals surface area contributed by atoms with Crippen LogP contribution >= 0.6 is 0 Å². The van der Waals surface area contributed by atoms with Gasteiger partial charge in [0.05, 0.1) is 18.4 Å². The van der Waals surface area contributed by atoms with E-state index in [1.54, 1.807) is 12.1 Å². The Morgan fingerprint density at radius 1 is 1.33 bits per heavy atom. The molecule has 3 aliphatic rings. The minimum absolute atomic E-state index is 0.113. The monoisotopic (exact) mass is 446 g/mol. The lowest BCUT2D eigenvalue weighted by Gasteiger charge is -2.52. The minimum atomic E-state index is -0.528. The Bertz CT molecular complexity index is 1080. The van der Waals surface area contributed by atoms with Gasteiger partial charge < -0.3 is 20.5 Å².